The van der Waals surface area contributed by atoms with Gasteiger partial charge < -0.3 is 10.2 Å². The molecule has 0 unspecified atom stereocenters. The average molecular weight is 516 g/mol. The third-order valence-corrected chi connectivity index (χ3v) is 5.82. The first-order valence-electron chi connectivity index (χ1n) is 12.1. The summed E-state index contributed by atoms with van der Waals surface area (Å²) < 4.78 is 15.0. The number of nitro groups is 1. The van der Waals surface area contributed by atoms with E-state index in [0.29, 0.717) is 30.2 Å². The molecule has 2 amide bonds. The summed E-state index contributed by atoms with van der Waals surface area (Å²) in [6.07, 6.45) is 1.44. The van der Waals surface area contributed by atoms with Gasteiger partial charge in [0.15, 0.2) is 0 Å². The van der Waals surface area contributed by atoms with E-state index >= 15 is 0 Å². The van der Waals surface area contributed by atoms with Crippen molar-refractivity contribution in [1.82, 2.24) is 14.7 Å². The Morgan fingerprint density at radius 1 is 1.03 bits per heavy atom. The van der Waals surface area contributed by atoms with Gasteiger partial charge in [0.05, 0.1) is 16.3 Å². The lowest BCUT2D eigenvalue weighted by Crippen LogP contribution is -2.39. The van der Waals surface area contributed by atoms with E-state index in [1.54, 1.807) is 18.2 Å². The van der Waals surface area contributed by atoms with E-state index in [9.17, 15) is 24.1 Å². The van der Waals surface area contributed by atoms with Crippen LogP contribution in [0.4, 0.5) is 15.9 Å². The Kier molecular flexibility index (Phi) is 8.22. The average Bonchev–Trinajstić information content (AvgIpc) is 3.35. The van der Waals surface area contributed by atoms with Crippen molar-refractivity contribution in [3.05, 3.63) is 106 Å². The summed E-state index contributed by atoms with van der Waals surface area (Å²) in [5.74, 6) is -1.00. The van der Waals surface area contributed by atoms with Crippen molar-refractivity contribution in [2.75, 3.05) is 18.4 Å². The number of hydrogen-bond donors (Lipinski definition) is 1. The number of hydrogen-bond acceptors (Lipinski definition) is 5. The summed E-state index contributed by atoms with van der Waals surface area (Å²) in [4.78, 5) is 38.3. The van der Waals surface area contributed by atoms with Crippen LogP contribution in [0.25, 0.3) is 16.9 Å². The van der Waals surface area contributed by atoms with Gasteiger partial charge in [0, 0.05) is 35.9 Å². The van der Waals surface area contributed by atoms with Gasteiger partial charge in [-0.25, -0.2) is 9.07 Å². The van der Waals surface area contributed by atoms with Gasteiger partial charge in [0.25, 0.3) is 11.6 Å². The minimum atomic E-state index is -0.569. The van der Waals surface area contributed by atoms with Crippen LogP contribution in [0, 0.1) is 15.9 Å². The number of amides is 2. The number of carbonyl (C=O) groups is 2. The van der Waals surface area contributed by atoms with Gasteiger partial charge in [-0.3, -0.25) is 19.7 Å². The molecule has 0 aliphatic carbocycles. The monoisotopic (exact) mass is 515 g/mol. The quantitative estimate of drug-likeness (QED) is 0.223. The van der Waals surface area contributed by atoms with Crippen LogP contribution in [0.2, 0.25) is 0 Å². The zero-order valence-electron chi connectivity index (χ0n) is 20.7. The topological polar surface area (TPSA) is 110 Å². The maximum Gasteiger partial charge on any atom is 0.270 e. The van der Waals surface area contributed by atoms with E-state index in [1.165, 1.54) is 46.0 Å². The Labute approximate surface area is 218 Å². The van der Waals surface area contributed by atoms with Gasteiger partial charge in [-0.15, -0.1) is 0 Å². The molecule has 0 aliphatic heterocycles. The highest BCUT2D eigenvalue weighted by atomic mass is 19.1. The molecule has 1 heterocycles. The van der Waals surface area contributed by atoms with Gasteiger partial charge in [-0.2, -0.15) is 5.10 Å². The molecule has 1 aromatic heterocycles. The molecule has 0 aliphatic rings. The molecule has 0 fully saturated rings. The molecule has 9 nitrogen and oxygen atoms in total. The molecule has 4 aromatic rings. The number of non-ortho nitro benzene ring substituents is 1. The molecule has 10 heteroatoms. The van der Waals surface area contributed by atoms with Crippen molar-refractivity contribution in [1.29, 1.82) is 0 Å². The number of aromatic nitrogens is 2. The highest BCUT2D eigenvalue weighted by Crippen LogP contribution is 2.25. The van der Waals surface area contributed by atoms with Crippen molar-refractivity contribution in [2.45, 2.75) is 19.8 Å². The van der Waals surface area contributed by atoms with Crippen LogP contribution in [0.5, 0.6) is 0 Å². The third kappa shape index (κ3) is 6.28. The number of unbranched alkanes of at least 4 members (excludes halogenated alkanes) is 1. The lowest BCUT2D eigenvalue weighted by Gasteiger charge is -2.22. The van der Waals surface area contributed by atoms with Gasteiger partial charge in [0.2, 0.25) is 5.91 Å². The fourth-order valence-electron chi connectivity index (χ4n) is 3.89. The number of nitrogens with zero attached hydrogens (tertiary/aromatic N) is 4. The summed E-state index contributed by atoms with van der Waals surface area (Å²) in [6, 6.07) is 22.2. The maximum absolute atomic E-state index is 13.5. The van der Waals surface area contributed by atoms with Gasteiger partial charge in [0.1, 0.15) is 18.2 Å². The van der Waals surface area contributed by atoms with E-state index in [4.69, 9.17) is 0 Å². The number of rotatable bonds is 10. The highest BCUT2D eigenvalue weighted by Gasteiger charge is 2.22. The van der Waals surface area contributed by atoms with Crippen LogP contribution >= 0.6 is 0 Å². The lowest BCUT2D eigenvalue weighted by molar-refractivity contribution is -0.384. The molecule has 3 aromatic carbocycles. The van der Waals surface area contributed by atoms with Crippen LogP contribution in [0.15, 0.2) is 84.9 Å². The first-order chi connectivity index (χ1) is 18.4. The molecular weight excluding hydrogens is 489 g/mol. The molecule has 0 atom stereocenters. The summed E-state index contributed by atoms with van der Waals surface area (Å²) in [6.45, 7) is 2.00. The zero-order valence-corrected chi connectivity index (χ0v) is 20.7. The Hall–Kier alpha value is -4.86. The molecule has 38 heavy (non-hydrogen) atoms. The lowest BCUT2D eigenvalue weighted by atomic mass is 10.1. The van der Waals surface area contributed by atoms with Crippen LogP contribution in [0.3, 0.4) is 0 Å². The smallest absolute Gasteiger partial charge is 0.270 e. The van der Waals surface area contributed by atoms with Crippen molar-refractivity contribution in [2.24, 2.45) is 0 Å². The summed E-state index contributed by atoms with van der Waals surface area (Å²) in [5.41, 5.74) is 1.90. The number of nitro benzene ring substituents is 1. The minimum Gasteiger partial charge on any atom is -0.329 e. The van der Waals surface area contributed by atoms with Crippen molar-refractivity contribution < 1.29 is 18.9 Å². The normalized spacial score (nSPS) is 10.7. The fourth-order valence-corrected chi connectivity index (χ4v) is 3.89. The maximum atomic E-state index is 13.5. The summed E-state index contributed by atoms with van der Waals surface area (Å²) >= 11 is 0. The van der Waals surface area contributed by atoms with Crippen LogP contribution in [0.1, 0.15) is 30.1 Å². The third-order valence-electron chi connectivity index (χ3n) is 5.82. The van der Waals surface area contributed by atoms with Gasteiger partial charge in [-0.1, -0.05) is 49.7 Å². The number of benzene rings is 3. The Bertz CT molecular complexity index is 1440. The fraction of sp³-hybridized carbons (Fsp3) is 0.179. The summed E-state index contributed by atoms with van der Waals surface area (Å²) in [5, 5.41) is 18.6. The molecule has 0 saturated carbocycles. The second-order valence-electron chi connectivity index (χ2n) is 8.60. The van der Waals surface area contributed by atoms with E-state index < -0.39 is 22.6 Å². The second-order valence-corrected chi connectivity index (χ2v) is 8.60. The number of halogens is 1. The Balaban J connectivity index is 1.60. The van der Waals surface area contributed by atoms with E-state index in [2.05, 4.69) is 10.4 Å². The predicted octanol–water partition coefficient (Wildman–Crippen LogP) is 5.47. The highest BCUT2D eigenvalue weighted by molar-refractivity contribution is 5.99. The van der Waals surface area contributed by atoms with Crippen LogP contribution in [-0.4, -0.2) is 44.5 Å². The van der Waals surface area contributed by atoms with E-state index in [1.807, 2.05) is 37.3 Å². The molecule has 4 rings (SSSR count). The number of nitrogens with one attached hydrogen (secondary N) is 1. The van der Waals surface area contributed by atoms with Gasteiger partial charge >= 0.3 is 0 Å². The minimum absolute atomic E-state index is 0.130. The molecule has 0 spiro atoms. The first kappa shape index (κ1) is 26.2. The molecule has 194 valence electrons. The van der Waals surface area contributed by atoms with E-state index in [-0.39, 0.29) is 17.8 Å². The van der Waals surface area contributed by atoms with E-state index in [0.717, 1.165) is 12.0 Å². The molecule has 0 bridgehead atoms. The zero-order chi connectivity index (χ0) is 27.1. The van der Waals surface area contributed by atoms with Crippen molar-refractivity contribution in [3.63, 3.8) is 0 Å². The molecular formula is C28H26FN5O4. The largest absolute Gasteiger partial charge is 0.329 e. The Morgan fingerprint density at radius 3 is 2.45 bits per heavy atom. The summed E-state index contributed by atoms with van der Waals surface area (Å²) in [7, 11) is 0. The molecule has 1 N–H and O–H groups in total. The van der Waals surface area contributed by atoms with Gasteiger partial charge in [-0.05, 0) is 36.8 Å². The van der Waals surface area contributed by atoms with Crippen LogP contribution < -0.4 is 5.32 Å². The van der Waals surface area contributed by atoms with Crippen molar-refractivity contribution >= 4 is 23.3 Å². The molecule has 0 radical (unpaired) electrons. The first-order valence-corrected chi connectivity index (χ1v) is 12.1. The Morgan fingerprint density at radius 2 is 1.76 bits per heavy atom. The second kappa shape index (κ2) is 11.9. The number of carbonyl (C=O) groups excluding carboxylic acids is 2. The standard InChI is InChI=1S/C28H26FN5O4/c1-2-3-16-32(28(36)21-10-7-11-24(17-21)34(37)38)19-27(35)30-26-18-25(20-8-5-4-6-9-20)31-33(26)23-14-12-22(29)13-15-23/h4-15,17-18H,2-3,16,19H2,1H3,(H,30,35). The van der Waals surface area contributed by atoms with Crippen molar-refractivity contribution in [3.8, 4) is 16.9 Å². The number of anilines is 1. The predicted molar refractivity (Wildman–Crippen MR) is 141 cm³/mol. The van der Waals surface area contributed by atoms with Crippen LogP contribution in [-0.2, 0) is 4.79 Å². The SMILES string of the molecule is CCCCN(CC(=O)Nc1cc(-c2ccccc2)nn1-c1ccc(F)cc1)C(=O)c1cccc([N+](=O)[O-])c1. The molecule has 0 saturated heterocycles.